The number of methoxy groups -OCH3 is 1. The van der Waals surface area contributed by atoms with Crippen LogP contribution in [0.15, 0.2) is 53.7 Å². The summed E-state index contributed by atoms with van der Waals surface area (Å²) in [4.78, 5) is 16.5. The first-order valence-corrected chi connectivity index (χ1v) is 9.43. The predicted molar refractivity (Wildman–Crippen MR) is 111 cm³/mol. The van der Waals surface area contributed by atoms with Crippen LogP contribution in [0, 0.1) is 0 Å². The molecule has 0 heterocycles. The first-order valence-electron chi connectivity index (χ1n) is 9.43. The standard InChI is InChI=1S/C23H29NO4/c1-23(2,3)20-10-6-19(7-11-20)17-24-28-15-5-14-27-21-12-8-18(9-13-21)16-22(25)26-4/h6-13,17H,5,14-16H2,1-4H3/b24-17+. The lowest BCUT2D eigenvalue weighted by molar-refractivity contribution is -0.139. The Balaban J connectivity index is 1.64. The van der Waals surface area contributed by atoms with Crippen molar-refractivity contribution in [3.8, 4) is 5.75 Å². The Morgan fingerprint density at radius 1 is 1.00 bits per heavy atom. The number of oxime groups is 1. The fourth-order valence-corrected chi connectivity index (χ4v) is 2.48. The molecule has 0 saturated heterocycles. The van der Waals surface area contributed by atoms with Gasteiger partial charge in [0.1, 0.15) is 12.4 Å². The SMILES string of the molecule is COC(=O)Cc1ccc(OCCCO/N=C/c2ccc(C(C)(C)C)cc2)cc1. The molecule has 0 spiro atoms. The van der Waals surface area contributed by atoms with Crippen molar-refractivity contribution in [3.63, 3.8) is 0 Å². The Hall–Kier alpha value is -2.82. The summed E-state index contributed by atoms with van der Waals surface area (Å²) in [5, 5.41) is 4.00. The van der Waals surface area contributed by atoms with Crippen molar-refractivity contribution in [2.75, 3.05) is 20.3 Å². The average Bonchev–Trinajstić information content (AvgIpc) is 2.68. The van der Waals surface area contributed by atoms with Crippen molar-refractivity contribution >= 4 is 12.2 Å². The number of hydrogen-bond acceptors (Lipinski definition) is 5. The number of benzene rings is 2. The van der Waals surface area contributed by atoms with Gasteiger partial charge in [-0.15, -0.1) is 0 Å². The van der Waals surface area contributed by atoms with Gasteiger partial charge in [0, 0.05) is 6.42 Å². The molecule has 5 heteroatoms. The van der Waals surface area contributed by atoms with Crippen molar-refractivity contribution < 1.29 is 19.1 Å². The third-order valence-electron chi connectivity index (χ3n) is 4.20. The second-order valence-electron chi connectivity index (χ2n) is 7.54. The van der Waals surface area contributed by atoms with Crippen molar-refractivity contribution in [2.24, 2.45) is 5.16 Å². The zero-order valence-electron chi connectivity index (χ0n) is 17.1. The summed E-state index contributed by atoms with van der Waals surface area (Å²) in [6, 6.07) is 15.7. The highest BCUT2D eigenvalue weighted by atomic mass is 16.6. The van der Waals surface area contributed by atoms with E-state index in [1.54, 1.807) is 6.21 Å². The van der Waals surface area contributed by atoms with E-state index in [0.717, 1.165) is 23.3 Å². The van der Waals surface area contributed by atoms with Gasteiger partial charge in [0.15, 0.2) is 0 Å². The molecule has 0 bridgehead atoms. The van der Waals surface area contributed by atoms with Gasteiger partial charge in [-0.3, -0.25) is 4.79 Å². The van der Waals surface area contributed by atoms with Crippen LogP contribution in [0.5, 0.6) is 5.75 Å². The van der Waals surface area contributed by atoms with Crippen LogP contribution in [0.2, 0.25) is 0 Å². The molecule has 0 unspecified atom stereocenters. The largest absolute Gasteiger partial charge is 0.493 e. The van der Waals surface area contributed by atoms with E-state index >= 15 is 0 Å². The van der Waals surface area contributed by atoms with Crippen molar-refractivity contribution in [2.45, 2.75) is 39.0 Å². The van der Waals surface area contributed by atoms with E-state index in [0.29, 0.717) is 13.2 Å². The highest BCUT2D eigenvalue weighted by Gasteiger charge is 2.12. The molecule has 0 aliphatic rings. The third-order valence-corrected chi connectivity index (χ3v) is 4.20. The van der Waals surface area contributed by atoms with Crippen LogP contribution in [-0.4, -0.2) is 32.5 Å². The molecule has 0 aromatic heterocycles. The molecule has 0 saturated carbocycles. The molecule has 0 fully saturated rings. The second-order valence-corrected chi connectivity index (χ2v) is 7.54. The van der Waals surface area contributed by atoms with E-state index in [4.69, 9.17) is 9.57 Å². The molecule has 2 rings (SSSR count). The summed E-state index contributed by atoms with van der Waals surface area (Å²) < 4.78 is 10.3. The average molecular weight is 383 g/mol. The zero-order chi connectivity index (χ0) is 20.4. The van der Waals surface area contributed by atoms with E-state index < -0.39 is 0 Å². The highest BCUT2D eigenvalue weighted by molar-refractivity contribution is 5.79. The van der Waals surface area contributed by atoms with E-state index in [-0.39, 0.29) is 17.8 Å². The smallest absolute Gasteiger partial charge is 0.309 e. The number of rotatable bonds is 9. The molecular formula is C23H29NO4. The summed E-state index contributed by atoms with van der Waals surface area (Å²) >= 11 is 0. The number of carbonyl (C=O) groups is 1. The van der Waals surface area contributed by atoms with Crippen LogP contribution in [0.1, 0.15) is 43.9 Å². The minimum Gasteiger partial charge on any atom is -0.493 e. The Labute approximate surface area is 167 Å². The maximum atomic E-state index is 11.2. The van der Waals surface area contributed by atoms with Crippen molar-refractivity contribution in [3.05, 3.63) is 65.2 Å². The van der Waals surface area contributed by atoms with Gasteiger partial charge in [-0.05, 0) is 34.2 Å². The normalized spacial score (nSPS) is 11.4. The molecule has 0 amide bonds. The summed E-state index contributed by atoms with van der Waals surface area (Å²) in [5.74, 6) is 0.507. The van der Waals surface area contributed by atoms with E-state index in [1.807, 2.05) is 36.4 Å². The van der Waals surface area contributed by atoms with Crippen LogP contribution in [-0.2, 0) is 26.2 Å². The molecule has 28 heavy (non-hydrogen) atoms. The summed E-state index contributed by atoms with van der Waals surface area (Å²) in [6.45, 7) is 7.59. The molecule has 0 N–H and O–H groups in total. The first-order chi connectivity index (χ1) is 13.4. The maximum Gasteiger partial charge on any atom is 0.309 e. The number of esters is 1. The molecule has 2 aromatic carbocycles. The topological polar surface area (TPSA) is 57.1 Å². The van der Waals surface area contributed by atoms with Crippen molar-refractivity contribution in [1.29, 1.82) is 0 Å². The van der Waals surface area contributed by atoms with Crippen LogP contribution >= 0.6 is 0 Å². The predicted octanol–water partition coefficient (Wildman–Crippen LogP) is 4.52. The van der Waals surface area contributed by atoms with Gasteiger partial charge in [-0.2, -0.15) is 0 Å². The minimum absolute atomic E-state index is 0.147. The third kappa shape index (κ3) is 7.43. The summed E-state index contributed by atoms with van der Waals surface area (Å²) in [6.07, 6.45) is 2.71. The summed E-state index contributed by atoms with van der Waals surface area (Å²) in [5.41, 5.74) is 3.35. The fraction of sp³-hybridized carbons (Fsp3) is 0.391. The Bertz CT molecular complexity index is 759. The van der Waals surface area contributed by atoms with Gasteiger partial charge < -0.3 is 14.3 Å². The quantitative estimate of drug-likeness (QED) is 0.276. The van der Waals surface area contributed by atoms with E-state index in [1.165, 1.54) is 12.7 Å². The Morgan fingerprint density at radius 2 is 1.68 bits per heavy atom. The molecule has 5 nitrogen and oxygen atoms in total. The zero-order valence-corrected chi connectivity index (χ0v) is 17.1. The number of carbonyl (C=O) groups excluding carboxylic acids is 1. The molecule has 0 radical (unpaired) electrons. The van der Waals surface area contributed by atoms with Gasteiger partial charge in [0.25, 0.3) is 0 Å². The van der Waals surface area contributed by atoms with E-state index in [2.05, 4.69) is 42.8 Å². The number of ether oxygens (including phenoxy) is 2. The lowest BCUT2D eigenvalue weighted by atomic mass is 9.87. The second kappa shape index (κ2) is 10.5. The monoisotopic (exact) mass is 383 g/mol. The van der Waals surface area contributed by atoms with Gasteiger partial charge >= 0.3 is 5.97 Å². The Kier molecular flexibility index (Phi) is 8.05. The Morgan fingerprint density at radius 3 is 2.29 bits per heavy atom. The molecule has 150 valence electrons. The fourth-order valence-electron chi connectivity index (χ4n) is 2.48. The van der Waals surface area contributed by atoms with Crippen molar-refractivity contribution in [1.82, 2.24) is 0 Å². The van der Waals surface area contributed by atoms with E-state index in [9.17, 15) is 4.79 Å². The maximum absolute atomic E-state index is 11.2. The molecule has 0 aliphatic carbocycles. The van der Waals surface area contributed by atoms with Gasteiger partial charge in [0.2, 0.25) is 0 Å². The van der Waals surface area contributed by atoms with Gasteiger partial charge in [-0.25, -0.2) is 0 Å². The number of hydrogen-bond donors (Lipinski definition) is 0. The van der Waals surface area contributed by atoms with Crippen LogP contribution < -0.4 is 4.74 Å². The lowest BCUT2D eigenvalue weighted by Crippen LogP contribution is -2.10. The number of nitrogens with zero attached hydrogens (tertiary/aromatic N) is 1. The van der Waals surface area contributed by atoms with Crippen LogP contribution in [0.3, 0.4) is 0 Å². The van der Waals surface area contributed by atoms with Gasteiger partial charge in [0.05, 0.1) is 26.4 Å². The first kappa shape index (κ1) is 21.5. The van der Waals surface area contributed by atoms with Crippen LogP contribution in [0.25, 0.3) is 0 Å². The highest BCUT2D eigenvalue weighted by Crippen LogP contribution is 2.21. The van der Waals surface area contributed by atoms with Crippen LogP contribution in [0.4, 0.5) is 0 Å². The molecule has 2 aromatic rings. The molecule has 0 aliphatic heterocycles. The molecule has 0 atom stereocenters. The molecular weight excluding hydrogens is 354 g/mol. The minimum atomic E-state index is -0.253. The lowest BCUT2D eigenvalue weighted by Gasteiger charge is -2.18. The van der Waals surface area contributed by atoms with Gasteiger partial charge in [-0.1, -0.05) is 62.3 Å². The summed E-state index contributed by atoms with van der Waals surface area (Å²) in [7, 11) is 1.38.